The maximum Gasteiger partial charge on any atom is 0.332 e. The molecule has 256 valence electrons. The van der Waals surface area contributed by atoms with Crippen molar-refractivity contribution in [1.82, 2.24) is 4.90 Å². The van der Waals surface area contributed by atoms with Crippen LogP contribution in [0.25, 0.3) is 0 Å². The molecule has 10 heteroatoms. The van der Waals surface area contributed by atoms with E-state index in [-0.39, 0.29) is 39.6 Å². The Balaban J connectivity index is 2.48. The van der Waals surface area contributed by atoms with Crippen molar-refractivity contribution in [3.05, 3.63) is 71.8 Å². The molecule has 0 aliphatic heterocycles. The van der Waals surface area contributed by atoms with E-state index < -0.39 is 40.2 Å². The Morgan fingerprint density at radius 2 is 0.783 bits per heavy atom. The lowest BCUT2D eigenvalue weighted by Crippen LogP contribution is -2.58. The number of nitrogens with zero attached hydrogens (tertiary/aromatic N) is 1. The van der Waals surface area contributed by atoms with Gasteiger partial charge in [0.25, 0.3) is 0 Å². The molecule has 0 fully saturated rings. The fraction of sp³-hybridized carbons (Fsp3) is 0.583. The van der Waals surface area contributed by atoms with Gasteiger partial charge < -0.3 is 28.4 Å². The topological polar surface area (TPSA) is 110 Å². The zero-order valence-electron chi connectivity index (χ0n) is 29.1. The number of carbonyl (C=O) groups is 3. The highest BCUT2D eigenvalue weighted by Crippen LogP contribution is 2.25. The van der Waals surface area contributed by atoms with Gasteiger partial charge in [-0.25, -0.2) is 14.4 Å². The average Bonchev–Trinajstić information content (AvgIpc) is 2.90. The van der Waals surface area contributed by atoms with Gasteiger partial charge in [0.05, 0.1) is 25.4 Å². The number of benzene rings is 2. The van der Waals surface area contributed by atoms with Crippen LogP contribution in [0.4, 0.5) is 0 Å². The Hall–Kier alpha value is -3.31. The summed E-state index contributed by atoms with van der Waals surface area (Å²) in [6.45, 7) is 15.8. The van der Waals surface area contributed by atoms with Crippen molar-refractivity contribution in [3.8, 4) is 0 Å². The molecule has 0 aromatic heterocycles. The molecule has 0 saturated heterocycles. The first kappa shape index (κ1) is 38.9. The summed E-state index contributed by atoms with van der Waals surface area (Å²) >= 11 is 0. The van der Waals surface area contributed by atoms with Gasteiger partial charge >= 0.3 is 17.9 Å². The second-order valence-electron chi connectivity index (χ2n) is 14.3. The first-order valence-corrected chi connectivity index (χ1v) is 15.6. The zero-order chi connectivity index (χ0) is 34.4. The number of carbonyl (C=O) groups excluding carboxylic acids is 3. The first-order chi connectivity index (χ1) is 21.4. The Bertz CT molecular complexity index is 1090. The zero-order valence-corrected chi connectivity index (χ0v) is 29.1. The summed E-state index contributed by atoms with van der Waals surface area (Å²) in [5.74, 6) is -1.57. The van der Waals surface area contributed by atoms with E-state index in [2.05, 4.69) is 4.90 Å². The molecule has 2 aromatic carbocycles. The van der Waals surface area contributed by atoms with E-state index in [4.69, 9.17) is 28.4 Å². The minimum Gasteiger partial charge on any atom is -0.458 e. The van der Waals surface area contributed by atoms with Gasteiger partial charge in [-0.05, 0) is 73.4 Å². The van der Waals surface area contributed by atoms with Gasteiger partial charge in [-0.15, -0.1) is 0 Å². The molecule has 0 spiro atoms. The van der Waals surface area contributed by atoms with Gasteiger partial charge in [0.15, 0.2) is 0 Å². The van der Waals surface area contributed by atoms with Crippen molar-refractivity contribution in [2.24, 2.45) is 0 Å². The predicted molar refractivity (Wildman–Crippen MR) is 175 cm³/mol. The van der Waals surface area contributed by atoms with Crippen LogP contribution in [-0.2, 0) is 55.9 Å². The van der Waals surface area contributed by atoms with Crippen LogP contribution < -0.4 is 0 Å². The number of rotatable bonds is 17. The molecule has 0 saturated carbocycles. The largest absolute Gasteiger partial charge is 0.458 e. The lowest BCUT2D eigenvalue weighted by atomic mass is 9.97. The predicted octanol–water partition coefficient (Wildman–Crippen LogP) is 5.50. The molecular formula is C36H53NO9. The smallest absolute Gasteiger partial charge is 0.332 e. The Morgan fingerprint density at radius 3 is 1.04 bits per heavy atom. The molecule has 2 aromatic rings. The second-order valence-corrected chi connectivity index (χ2v) is 14.3. The molecule has 0 N–H and O–H groups in total. The summed E-state index contributed by atoms with van der Waals surface area (Å²) in [5, 5.41) is 0. The Morgan fingerprint density at radius 1 is 0.500 bits per heavy atom. The fourth-order valence-electron chi connectivity index (χ4n) is 4.48. The van der Waals surface area contributed by atoms with Gasteiger partial charge in [-0.3, -0.25) is 4.90 Å². The van der Waals surface area contributed by atoms with Crippen LogP contribution in [0.3, 0.4) is 0 Å². The van der Waals surface area contributed by atoms with Crippen molar-refractivity contribution in [1.29, 1.82) is 0 Å². The minimum absolute atomic E-state index is 0.0471. The van der Waals surface area contributed by atoms with Crippen molar-refractivity contribution < 1.29 is 42.8 Å². The molecule has 0 aliphatic carbocycles. The highest BCUT2D eigenvalue weighted by molar-refractivity contribution is 5.72. The summed E-state index contributed by atoms with van der Waals surface area (Å²) < 4.78 is 34.5. The molecule has 0 bridgehead atoms. The van der Waals surface area contributed by atoms with Crippen molar-refractivity contribution in [2.45, 2.75) is 97.7 Å². The third-order valence-electron chi connectivity index (χ3n) is 6.14. The lowest BCUT2D eigenvalue weighted by Gasteiger charge is -2.43. The molecule has 0 radical (unpaired) electrons. The molecular weight excluding hydrogens is 590 g/mol. The van der Waals surface area contributed by atoms with E-state index in [1.165, 1.54) is 0 Å². The van der Waals surface area contributed by atoms with E-state index in [0.29, 0.717) is 13.1 Å². The van der Waals surface area contributed by atoms with Gasteiger partial charge in [0.2, 0.25) is 0 Å². The van der Waals surface area contributed by atoms with Gasteiger partial charge in [-0.2, -0.15) is 0 Å². The van der Waals surface area contributed by atoms with Crippen molar-refractivity contribution in [2.75, 3.05) is 39.6 Å². The fourth-order valence-corrected chi connectivity index (χ4v) is 4.48. The number of hydrogen-bond donors (Lipinski definition) is 0. The van der Waals surface area contributed by atoms with Crippen LogP contribution in [0.15, 0.2) is 60.7 Å². The van der Waals surface area contributed by atoms with E-state index >= 15 is 0 Å². The SMILES string of the molecule is CC(C)(C)OC(=O)COCC(COCC(=O)OC(C)(C)C)(COCC(=O)OC(C)(C)C)N(Cc1ccccc1)Cc1ccccc1. The van der Waals surface area contributed by atoms with Crippen LogP contribution in [0, 0.1) is 0 Å². The summed E-state index contributed by atoms with van der Waals surface area (Å²) in [6, 6.07) is 19.7. The van der Waals surface area contributed by atoms with Crippen LogP contribution in [0.1, 0.15) is 73.4 Å². The van der Waals surface area contributed by atoms with Crippen LogP contribution in [0.2, 0.25) is 0 Å². The molecule has 0 unspecified atom stereocenters. The number of hydrogen-bond acceptors (Lipinski definition) is 10. The molecule has 0 amide bonds. The molecule has 2 rings (SSSR count). The highest BCUT2D eigenvalue weighted by atomic mass is 16.6. The lowest BCUT2D eigenvalue weighted by molar-refractivity contribution is -0.170. The van der Waals surface area contributed by atoms with E-state index in [0.717, 1.165) is 11.1 Å². The van der Waals surface area contributed by atoms with Crippen molar-refractivity contribution >= 4 is 17.9 Å². The standard InChI is InChI=1S/C36H53NO9/c1-33(2,3)44-30(38)22-41-25-36(26-42-23-31(39)45-34(4,5)6,27-43-24-32(40)46-35(7,8)9)37(20-28-16-12-10-13-17-28)21-29-18-14-11-15-19-29/h10-19H,20-27H2,1-9H3. The molecule has 0 atom stereocenters. The van der Waals surface area contributed by atoms with Crippen LogP contribution in [-0.4, -0.2) is 84.8 Å². The molecule has 0 heterocycles. The summed E-state index contributed by atoms with van der Waals surface area (Å²) in [4.78, 5) is 40.0. The first-order valence-electron chi connectivity index (χ1n) is 15.6. The number of ether oxygens (including phenoxy) is 6. The van der Waals surface area contributed by atoms with E-state index in [1.54, 1.807) is 62.3 Å². The Labute approximate surface area is 274 Å². The van der Waals surface area contributed by atoms with E-state index in [9.17, 15) is 14.4 Å². The maximum atomic E-state index is 12.6. The van der Waals surface area contributed by atoms with Crippen LogP contribution in [0.5, 0.6) is 0 Å². The highest BCUT2D eigenvalue weighted by Gasteiger charge is 2.40. The van der Waals surface area contributed by atoms with Crippen LogP contribution >= 0.6 is 0 Å². The molecule has 46 heavy (non-hydrogen) atoms. The maximum absolute atomic E-state index is 12.6. The monoisotopic (exact) mass is 643 g/mol. The third-order valence-corrected chi connectivity index (χ3v) is 6.14. The normalized spacial score (nSPS) is 12.6. The molecule has 10 nitrogen and oxygen atoms in total. The average molecular weight is 644 g/mol. The summed E-state index contributed by atoms with van der Waals surface area (Å²) in [7, 11) is 0. The molecule has 0 aliphatic rings. The van der Waals surface area contributed by atoms with E-state index in [1.807, 2.05) is 60.7 Å². The van der Waals surface area contributed by atoms with Gasteiger partial charge in [-0.1, -0.05) is 60.7 Å². The quantitative estimate of drug-likeness (QED) is 0.162. The summed E-state index contributed by atoms with van der Waals surface area (Å²) in [6.07, 6.45) is 0. The number of esters is 3. The summed E-state index contributed by atoms with van der Waals surface area (Å²) in [5.41, 5.74) is -1.12. The Kier molecular flexibility index (Phi) is 14.8. The van der Waals surface area contributed by atoms with Gasteiger partial charge in [0, 0.05) is 13.1 Å². The minimum atomic E-state index is -1.09. The second kappa shape index (κ2) is 17.6. The van der Waals surface area contributed by atoms with Crippen molar-refractivity contribution in [3.63, 3.8) is 0 Å². The van der Waals surface area contributed by atoms with Gasteiger partial charge in [0.1, 0.15) is 36.6 Å². The third kappa shape index (κ3) is 16.3.